The normalized spacial score (nSPS) is 14.3. The van der Waals surface area contributed by atoms with E-state index in [4.69, 9.17) is 14.6 Å². The first-order valence-corrected chi connectivity index (χ1v) is 6.79. The molecule has 0 aromatic heterocycles. The Bertz CT molecular complexity index is 395. The van der Waals surface area contributed by atoms with Crippen molar-refractivity contribution in [2.45, 2.75) is 25.7 Å². The van der Waals surface area contributed by atoms with Gasteiger partial charge >= 0.3 is 5.97 Å². The van der Waals surface area contributed by atoms with Crippen LogP contribution in [0.4, 0.5) is 0 Å². The van der Waals surface area contributed by atoms with Gasteiger partial charge in [0.25, 0.3) is 0 Å². The van der Waals surface area contributed by atoms with E-state index in [1.54, 1.807) is 24.3 Å². The average Bonchev–Trinajstić information content (AvgIpc) is 3.22. The molecule has 4 nitrogen and oxygen atoms in total. The number of hydrogen-bond donors (Lipinski definition) is 1. The molecule has 1 aromatic rings. The Morgan fingerprint density at radius 2 is 1.89 bits per heavy atom. The monoisotopic (exact) mass is 264 g/mol. The van der Waals surface area contributed by atoms with Gasteiger partial charge in [0, 0.05) is 19.6 Å². The third-order valence-corrected chi connectivity index (χ3v) is 3.17. The van der Waals surface area contributed by atoms with Crippen molar-refractivity contribution in [3.63, 3.8) is 0 Å². The van der Waals surface area contributed by atoms with Crippen LogP contribution in [-0.2, 0) is 4.74 Å². The molecule has 1 saturated carbocycles. The highest BCUT2D eigenvalue weighted by atomic mass is 16.5. The smallest absolute Gasteiger partial charge is 0.335 e. The summed E-state index contributed by atoms with van der Waals surface area (Å²) < 4.78 is 11.0. The van der Waals surface area contributed by atoms with Gasteiger partial charge in [0.15, 0.2) is 0 Å². The Labute approximate surface area is 113 Å². The van der Waals surface area contributed by atoms with Crippen molar-refractivity contribution in [2.24, 2.45) is 5.92 Å². The summed E-state index contributed by atoms with van der Waals surface area (Å²) in [4.78, 5) is 10.7. The first kappa shape index (κ1) is 13.9. The van der Waals surface area contributed by atoms with Crippen molar-refractivity contribution in [3.8, 4) is 5.75 Å². The van der Waals surface area contributed by atoms with E-state index in [0.717, 1.165) is 25.6 Å². The Morgan fingerprint density at radius 1 is 1.16 bits per heavy atom. The number of aromatic carboxylic acids is 1. The van der Waals surface area contributed by atoms with Gasteiger partial charge in [-0.3, -0.25) is 0 Å². The van der Waals surface area contributed by atoms with Crippen LogP contribution in [0.15, 0.2) is 24.3 Å². The molecule has 0 saturated heterocycles. The van der Waals surface area contributed by atoms with Gasteiger partial charge in [-0.15, -0.1) is 0 Å². The fourth-order valence-corrected chi connectivity index (χ4v) is 1.80. The van der Waals surface area contributed by atoms with Crippen LogP contribution in [0.25, 0.3) is 0 Å². The van der Waals surface area contributed by atoms with E-state index in [0.29, 0.717) is 12.4 Å². The molecule has 0 heterocycles. The van der Waals surface area contributed by atoms with E-state index in [2.05, 4.69) is 0 Å². The maximum Gasteiger partial charge on any atom is 0.335 e. The SMILES string of the molecule is O=C(O)c1ccc(OCCCOCCC2CC2)cc1. The zero-order valence-electron chi connectivity index (χ0n) is 11.0. The molecule has 104 valence electrons. The number of ether oxygens (including phenoxy) is 2. The minimum Gasteiger partial charge on any atom is -0.494 e. The van der Waals surface area contributed by atoms with Crippen LogP contribution >= 0.6 is 0 Å². The van der Waals surface area contributed by atoms with Gasteiger partial charge in [-0.25, -0.2) is 4.79 Å². The summed E-state index contributed by atoms with van der Waals surface area (Å²) in [5.74, 6) is 0.697. The summed E-state index contributed by atoms with van der Waals surface area (Å²) in [5.41, 5.74) is 0.274. The van der Waals surface area contributed by atoms with Gasteiger partial charge in [0.1, 0.15) is 5.75 Å². The number of rotatable bonds is 9. The van der Waals surface area contributed by atoms with E-state index in [-0.39, 0.29) is 5.56 Å². The standard InChI is InChI=1S/C15H20O4/c16-15(17)13-4-6-14(7-5-13)19-10-1-9-18-11-8-12-2-3-12/h4-7,12H,1-3,8-11H2,(H,16,17). The van der Waals surface area contributed by atoms with E-state index >= 15 is 0 Å². The lowest BCUT2D eigenvalue weighted by Gasteiger charge is -2.07. The molecule has 2 rings (SSSR count). The first-order valence-electron chi connectivity index (χ1n) is 6.79. The highest BCUT2D eigenvalue weighted by Gasteiger charge is 2.20. The number of hydrogen-bond acceptors (Lipinski definition) is 3. The molecule has 0 radical (unpaired) electrons. The van der Waals surface area contributed by atoms with Crippen LogP contribution in [0.3, 0.4) is 0 Å². The minimum absolute atomic E-state index is 0.274. The van der Waals surface area contributed by atoms with Crippen molar-refractivity contribution < 1.29 is 19.4 Å². The summed E-state index contributed by atoms with van der Waals surface area (Å²) in [7, 11) is 0. The van der Waals surface area contributed by atoms with Gasteiger partial charge in [-0.05, 0) is 36.6 Å². The number of carboxylic acid groups (broad SMARTS) is 1. The zero-order valence-corrected chi connectivity index (χ0v) is 11.0. The van der Waals surface area contributed by atoms with Crippen molar-refractivity contribution in [1.29, 1.82) is 0 Å². The van der Waals surface area contributed by atoms with E-state index in [9.17, 15) is 4.79 Å². The quantitative estimate of drug-likeness (QED) is 0.697. The van der Waals surface area contributed by atoms with Crippen LogP contribution in [-0.4, -0.2) is 30.9 Å². The van der Waals surface area contributed by atoms with Crippen LogP contribution < -0.4 is 4.74 Å². The third kappa shape index (κ3) is 5.30. The maximum absolute atomic E-state index is 10.7. The molecular weight excluding hydrogens is 244 g/mol. The molecule has 0 bridgehead atoms. The summed E-state index contributed by atoms with van der Waals surface area (Å²) in [6.07, 6.45) is 4.79. The molecule has 1 aromatic carbocycles. The minimum atomic E-state index is -0.921. The number of carbonyl (C=O) groups is 1. The second kappa shape index (κ2) is 7.14. The predicted octanol–water partition coefficient (Wildman–Crippen LogP) is 2.97. The van der Waals surface area contributed by atoms with Gasteiger partial charge < -0.3 is 14.6 Å². The van der Waals surface area contributed by atoms with Crippen molar-refractivity contribution >= 4 is 5.97 Å². The van der Waals surface area contributed by atoms with Crippen LogP contribution in [0, 0.1) is 5.92 Å². The van der Waals surface area contributed by atoms with Crippen LogP contribution in [0.2, 0.25) is 0 Å². The van der Waals surface area contributed by atoms with E-state index in [1.165, 1.54) is 19.3 Å². The Balaban J connectivity index is 1.53. The van der Waals surface area contributed by atoms with Crippen LogP contribution in [0.5, 0.6) is 5.75 Å². The van der Waals surface area contributed by atoms with E-state index in [1.807, 2.05) is 0 Å². The third-order valence-electron chi connectivity index (χ3n) is 3.17. The van der Waals surface area contributed by atoms with Gasteiger partial charge in [-0.1, -0.05) is 12.8 Å². The molecule has 1 N–H and O–H groups in total. The van der Waals surface area contributed by atoms with Gasteiger partial charge in [0.05, 0.1) is 12.2 Å². The predicted molar refractivity (Wildman–Crippen MR) is 71.7 cm³/mol. The molecular formula is C15H20O4. The second-order valence-corrected chi connectivity index (χ2v) is 4.88. The summed E-state index contributed by atoms with van der Waals surface area (Å²) in [6.45, 7) is 2.17. The van der Waals surface area contributed by atoms with E-state index < -0.39 is 5.97 Å². The first-order chi connectivity index (χ1) is 9.25. The average molecular weight is 264 g/mol. The molecule has 0 amide bonds. The fourth-order valence-electron chi connectivity index (χ4n) is 1.80. The molecule has 0 aliphatic heterocycles. The Hall–Kier alpha value is -1.55. The Morgan fingerprint density at radius 3 is 2.53 bits per heavy atom. The van der Waals surface area contributed by atoms with Gasteiger partial charge in [-0.2, -0.15) is 0 Å². The van der Waals surface area contributed by atoms with Gasteiger partial charge in [0.2, 0.25) is 0 Å². The van der Waals surface area contributed by atoms with Crippen LogP contribution in [0.1, 0.15) is 36.0 Å². The Kier molecular flexibility index (Phi) is 5.21. The lowest BCUT2D eigenvalue weighted by atomic mass is 10.2. The summed E-state index contributed by atoms with van der Waals surface area (Å²) in [5, 5.41) is 8.76. The second-order valence-electron chi connectivity index (χ2n) is 4.88. The largest absolute Gasteiger partial charge is 0.494 e. The molecule has 0 unspecified atom stereocenters. The molecule has 0 spiro atoms. The number of benzene rings is 1. The van der Waals surface area contributed by atoms with Crippen molar-refractivity contribution in [1.82, 2.24) is 0 Å². The zero-order chi connectivity index (χ0) is 13.5. The maximum atomic E-state index is 10.7. The summed E-state index contributed by atoms with van der Waals surface area (Å²) >= 11 is 0. The molecule has 1 aliphatic carbocycles. The highest BCUT2D eigenvalue weighted by Crippen LogP contribution is 2.32. The molecule has 1 fully saturated rings. The van der Waals surface area contributed by atoms with Crippen molar-refractivity contribution in [3.05, 3.63) is 29.8 Å². The lowest BCUT2D eigenvalue weighted by molar-refractivity contribution is 0.0697. The van der Waals surface area contributed by atoms with Crippen molar-refractivity contribution in [2.75, 3.05) is 19.8 Å². The number of carboxylic acids is 1. The fraction of sp³-hybridized carbons (Fsp3) is 0.533. The molecule has 4 heteroatoms. The molecule has 1 aliphatic rings. The highest BCUT2D eigenvalue weighted by molar-refractivity contribution is 5.87. The molecule has 19 heavy (non-hydrogen) atoms. The lowest BCUT2D eigenvalue weighted by Crippen LogP contribution is -2.04. The topological polar surface area (TPSA) is 55.8 Å². The summed E-state index contributed by atoms with van der Waals surface area (Å²) in [6, 6.07) is 6.45. The molecule has 0 atom stereocenters.